The molecule has 0 saturated carbocycles. The second-order valence-electron chi connectivity index (χ2n) is 8.99. The Morgan fingerprint density at radius 3 is 2.50 bits per heavy atom. The first-order chi connectivity index (χ1) is 16.4. The first kappa shape index (κ1) is 22.8. The number of hydrogen-bond acceptors (Lipinski definition) is 4. The summed E-state index contributed by atoms with van der Waals surface area (Å²) < 4.78 is 30.7. The molecule has 2 atom stereocenters. The van der Waals surface area contributed by atoms with E-state index in [0.29, 0.717) is 26.2 Å². The second-order valence-corrected chi connectivity index (χ2v) is 10.9. The van der Waals surface area contributed by atoms with Crippen molar-refractivity contribution < 1.29 is 13.2 Å². The smallest absolute Gasteiger partial charge is 0.243 e. The summed E-state index contributed by atoms with van der Waals surface area (Å²) >= 11 is 0. The maximum atomic E-state index is 13.7. The average Bonchev–Trinajstić information content (AvgIpc) is 3.35. The molecule has 1 amide bonds. The molecule has 2 aliphatic rings. The number of fused-ring (bicyclic) bond motifs is 1. The molecule has 0 bridgehead atoms. The van der Waals surface area contributed by atoms with E-state index in [1.165, 1.54) is 9.87 Å². The van der Waals surface area contributed by atoms with Gasteiger partial charge in [0.25, 0.3) is 0 Å². The summed E-state index contributed by atoms with van der Waals surface area (Å²) in [5.74, 6) is -0.0278. The van der Waals surface area contributed by atoms with Crippen molar-refractivity contribution >= 4 is 15.9 Å². The number of benzene rings is 2. The number of carbonyl (C=O) groups excluding carboxylic acids is 1. The van der Waals surface area contributed by atoms with Crippen LogP contribution in [0.2, 0.25) is 0 Å². The Morgan fingerprint density at radius 1 is 0.971 bits per heavy atom. The SMILES string of the molecule is Cc1ccc(C2CNCCN2C(=O)CC2c3cccn3CCN2S(=O)(=O)c2ccccc2)cc1. The van der Waals surface area contributed by atoms with Crippen molar-refractivity contribution in [3.8, 4) is 0 Å². The molecule has 1 fully saturated rings. The Morgan fingerprint density at radius 2 is 1.74 bits per heavy atom. The third kappa shape index (κ3) is 4.29. The molecule has 0 aliphatic carbocycles. The summed E-state index contributed by atoms with van der Waals surface area (Å²) in [6, 6.07) is 20.0. The Bertz CT molecular complexity index is 1250. The maximum absolute atomic E-state index is 13.7. The largest absolute Gasteiger partial charge is 0.349 e. The van der Waals surface area contributed by atoms with Crippen LogP contribution in [0.5, 0.6) is 0 Å². The molecule has 7 nitrogen and oxygen atoms in total. The van der Waals surface area contributed by atoms with Gasteiger partial charge in [0.1, 0.15) is 0 Å². The van der Waals surface area contributed by atoms with E-state index in [2.05, 4.69) is 34.1 Å². The fourth-order valence-corrected chi connectivity index (χ4v) is 6.65. The first-order valence-electron chi connectivity index (χ1n) is 11.7. The predicted octanol–water partition coefficient (Wildman–Crippen LogP) is 3.11. The monoisotopic (exact) mass is 478 g/mol. The number of carbonyl (C=O) groups is 1. The van der Waals surface area contributed by atoms with Crippen LogP contribution < -0.4 is 5.32 Å². The van der Waals surface area contributed by atoms with Crippen LogP contribution in [-0.4, -0.2) is 54.3 Å². The third-order valence-electron chi connectivity index (χ3n) is 6.86. The summed E-state index contributed by atoms with van der Waals surface area (Å²) in [7, 11) is -3.74. The average molecular weight is 479 g/mol. The van der Waals surface area contributed by atoms with Crippen molar-refractivity contribution in [3.63, 3.8) is 0 Å². The van der Waals surface area contributed by atoms with Gasteiger partial charge in [0, 0.05) is 51.0 Å². The minimum atomic E-state index is -3.74. The van der Waals surface area contributed by atoms with Crippen LogP contribution in [0, 0.1) is 6.92 Å². The minimum Gasteiger partial charge on any atom is -0.349 e. The van der Waals surface area contributed by atoms with E-state index in [1.807, 2.05) is 30.2 Å². The van der Waals surface area contributed by atoms with Gasteiger partial charge in [-0.15, -0.1) is 0 Å². The normalized spacial score (nSPS) is 21.3. The maximum Gasteiger partial charge on any atom is 0.243 e. The second kappa shape index (κ2) is 9.37. The van der Waals surface area contributed by atoms with E-state index >= 15 is 0 Å². The highest BCUT2D eigenvalue weighted by atomic mass is 32.2. The van der Waals surface area contributed by atoms with Gasteiger partial charge in [0.15, 0.2) is 0 Å². The summed E-state index contributed by atoms with van der Waals surface area (Å²) in [6.07, 6.45) is 2.07. The van der Waals surface area contributed by atoms with E-state index in [4.69, 9.17) is 0 Å². The standard InChI is InChI=1S/C26H30N4O3S/c1-20-9-11-21(12-10-20)25-19-27-13-15-29(25)26(31)18-24-23-8-5-14-28(23)16-17-30(24)34(32,33)22-6-3-2-4-7-22/h2-12,14,24-25,27H,13,15-19H2,1H3. The Balaban J connectivity index is 1.45. The zero-order valence-electron chi connectivity index (χ0n) is 19.3. The molecule has 8 heteroatoms. The van der Waals surface area contributed by atoms with E-state index in [-0.39, 0.29) is 23.3 Å². The molecular weight excluding hydrogens is 448 g/mol. The van der Waals surface area contributed by atoms with E-state index in [0.717, 1.165) is 17.8 Å². The molecular formula is C26H30N4O3S. The molecule has 3 aromatic rings. The lowest BCUT2D eigenvalue weighted by atomic mass is 10.00. The third-order valence-corrected chi connectivity index (χ3v) is 8.78. The molecule has 2 aromatic carbocycles. The minimum absolute atomic E-state index is 0.0278. The van der Waals surface area contributed by atoms with Gasteiger partial charge >= 0.3 is 0 Å². The molecule has 34 heavy (non-hydrogen) atoms. The lowest BCUT2D eigenvalue weighted by Gasteiger charge is -2.40. The summed E-state index contributed by atoms with van der Waals surface area (Å²) in [4.78, 5) is 15.9. The number of nitrogens with zero attached hydrogens (tertiary/aromatic N) is 3. The highest BCUT2D eigenvalue weighted by molar-refractivity contribution is 7.89. The number of aryl methyl sites for hydroxylation is 1. The van der Waals surface area contributed by atoms with Crippen LogP contribution in [0.1, 0.15) is 35.3 Å². The molecule has 178 valence electrons. The highest BCUT2D eigenvalue weighted by Gasteiger charge is 2.39. The summed E-state index contributed by atoms with van der Waals surface area (Å²) in [6.45, 7) is 4.95. The number of aromatic nitrogens is 1. The first-order valence-corrected chi connectivity index (χ1v) is 13.2. The van der Waals surface area contributed by atoms with Gasteiger partial charge in [-0.3, -0.25) is 4.79 Å². The van der Waals surface area contributed by atoms with Gasteiger partial charge in [0.05, 0.1) is 17.0 Å². The fourth-order valence-electron chi connectivity index (χ4n) is 5.04. The Kier molecular flexibility index (Phi) is 6.29. The number of hydrogen-bond donors (Lipinski definition) is 1. The van der Waals surface area contributed by atoms with Gasteiger partial charge < -0.3 is 14.8 Å². The van der Waals surface area contributed by atoms with E-state index < -0.39 is 16.1 Å². The predicted molar refractivity (Wildman–Crippen MR) is 131 cm³/mol. The van der Waals surface area contributed by atoms with E-state index in [9.17, 15) is 13.2 Å². The van der Waals surface area contributed by atoms with Crippen molar-refractivity contribution in [2.45, 2.75) is 36.9 Å². The number of nitrogens with one attached hydrogen (secondary N) is 1. The lowest BCUT2D eigenvalue weighted by molar-refractivity contribution is -0.135. The van der Waals surface area contributed by atoms with Gasteiger partial charge in [-0.05, 0) is 36.8 Å². The van der Waals surface area contributed by atoms with Crippen molar-refractivity contribution in [2.75, 3.05) is 26.2 Å². The van der Waals surface area contributed by atoms with Gasteiger partial charge in [-0.25, -0.2) is 8.42 Å². The van der Waals surface area contributed by atoms with Crippen molar-refractivity contribution in [1.29, 1.82) is 0 Å². The van der Waals surface area contributed by atoms with Crippen LogP contribution in [0.4, 0.5) is 0 Å². The molecule has 2 aliphatic heterocycles. The zero-order valence-corrected chi connectivity index (χ0v) is 20.1. The van der Waals surface area contributed by atoms with Crippen LogP contribution in [0.25, 0.3) is 0 Å². The van der Waals surface area contributed by atoms with Crippen molar-refractivity contribution in [3.05, 3.63) is 89.7 Å². The van der Waals surface area contributed by atoms with Crippen LogP contribution in [-0.2, 0) is 21.4 Å². The lowest BCUT2D eigenvalue weighted by Crippen LogP contribution is -2.50. The molecule has 5 rings (SSSR count). The summed E-state index contributed by atoms with van der Waals surface area (Å²) in [5, 5.41) is 3.40. The van der Waals surface area contributed by atoms with Crippen molar-refractivity contribution in [1.82, 2.24) is 19.1 Å². The fraction of sp³-hybridized carbons (Fsp3) is 0.346. The number of amides is 1. The van der Waals surface area contributed by atoms with Crippen LogP contribution >= 0.6 is 0 Å². The molecule has 3 heterocycles. The van der Waals surface area contributed by atoms with Crippen LogP contribution in [0.15, 0.2) is 77.8 Å². The quantitative estimate of drug-likeness (QED) is 0.612. The van der Waals surface area contributed by atoms with Gasteiger partial charge in [-0.2, -0.15) is 4.31 Å². The van der Waals surface area contributed by atoms with Crippen LogP contribution in [0.3, 0.4) is 0 Å². The molecule has 1 N–H and O–H groups in total. The Labute approximate surface area is 201 Å². The highest BCUT2D eigenvalue weighted by Crippen LogP contribution is 2.35. The molecule has 0 radical (unpaired) electrons. The van der Waals surface area contributed by atoms with E-state index in [1.54, 1.807) is 30.3 Å². The molecule has 2 unspecified atom stereocenters. The Hall–Kier alpha value is -2.94. The molecule has 1 aromatic heterocycles. The number of piperazine rings is 1. The van der Waals surface area contributed by atoms with Gasteiger partial charge in [-0.1, -0.05) is 48.0 Å². The molecule has 0 spiro atoms. The van der Waals surface area contributed by atoms with Crippen molar-refractivity contribution in [2.24, 2.45) is 0 Å². The van der Waals surface area contributed by atoms with Gasteiger partial charge in [0.2, 0.25) is 15.9 Å². The molecule has 1 saturated heterocycles. The summed E-state index contributed by atoms with van der Waals surface area (Å²) in [5.41, 5.74) is 3.13. The zero-order chi connectivity index (χ0) is 23.7. The number of rotatable bonds is 5. The number of sulfonamides is 1. The topological polar surface area (TPSA) is 74.7 Å².